The van der Waals surface area contributed by atoms with E-state index in [-0.39, 0.29) is 11.4 Å². The fourth-order valence-electron chi connectivity index (χ4n) is 4.06. The topological polar surface area (TPSA) is 83.0 Å². The molecule has 7 nitrogen and oxygen atoms in total. The van der Waals surface area contributed by atoms with Crippen LogP contribution in [-0.2, 0) is 4.79 Å². The third kappa shape index (κ3) is 4.71. The fraction of sp³-hybridized carbons (Fsp3) is 0.458. The Bertz CT molecular complexity index is 1030. The molecule has 1 aliphatic heterocycles. The van der Waals surface area contributed by atoms with Crippen LogP contribution in [-0.4, -0.2) is 64.4 Å². The van der Waals surface area contributed by atoms with Gasteiger partial charge in [-0.05, 0) is 51.6 Å². The number of amides is 1. The molecule has 172 valence electrons. The second-order valence-corrected chi connectivity index (χ2v) is 8.88. The summed E-state index contributed by atoms with van der Waals surface area (Å²) in [6.07, 6.45) is 0. The largest absolute Gasteiger partial charge is 0.503 e. The van der Waals surface area contributed by atoms with Crippen molar-refractivity contribution in [2.24, 2.45) is 0 Å². The molecule has 1 amide bonds. The summed E-state index contributed by atoms with van der Waals surface area (Å²) in [4.78, 5) is 35.3. The van der Waals surface area contributed by atoms with Crippen molar-refractivity contribution < 1.29 is 19.4 Å². The first-order valence-corrected chi connectivity index (χ1v) is 11.8. The molecule has 0 saturated carbocycles. The number of hydrogen-bond donors (Lipinski definition) is 1. The summed E-state index contributed by atoms with van der Waals surface area (Å²) in [5, 5.41) is 11.6. The van der Waals surface area contributed by atoms with Crippen molar-refractivity contribution in [3.8, 4) is 5.75 Å². The van der Waals surface area contributed by atoms with Gasteiger partial charge < -0.3 is 19.6 Å². The third-order valence-corrected chi connectivity index (χ3v) is 6.77. The van der Waals surface area contributed by atoms with Gasteiger partial charge in [-0.25, -0.2) is 4.98 Å². The number of likely N-dealkylation sites (N-methyl/N-ethyl adjacent to an activating group) is 1. The van der Waals surface area contributed by atoms with Crippen LogP contribution in [0.2, 0.25) is 0 Å². The van der Waals surface area contributed by atoms with E-state index in [1.807, 2.05) is 38.1 Å². The maximum absolute atomic E-state index is 13.6. The number of aliphatic hydroxyl groups excluding tert-OH is 1. The highest BCUT2D eigenvalue weighted by Gasteiger charge is 2.44. The van der Waals surface area contributed by atoms with Gasteiger partial charge in [-0.15, -0.1) is 11.3 Å². The Balaban J connectivity index is 2.06. The number of Topliss-reactive ketones (excluding diaryl/α,β-unsaturated/α-hetero) is 1. The van der Waals surface area contributed by atoms with Crippen molar-refractivity contribution >= 4 is 23.0 Å². The lowest BCUT2D eigenvalue weighted by molar-refractivity contribution is -0.129. The quantitative estimate of drug-likeness (QED) is 0.542. The first-order chi connectivity index (χ1) is 15.3. The van der Waals surface area contributed by atoms with E-state index in [1.54, 1.807) is 11.8 Å². The van der Waals surface area contributed by atoms with Crippen LogP contribution in [0.3, 0.4) is 0 Å². The SMILES string of the molecule is CCOc1cccc(C2C(C(=O)c3sc(C)nc3C)=C(O)C(=O)N2CCN(CC)CC)c1. The minimum Gasteiger partial charge on any atom is -0.503 e. The van der Waals surface area contributed by atoms with Gasteiger partial charge in [0.15, 0.2) is 5.76 Å². The average Bonchev–Trinajstić information content (AvgIpc) is 3.24. The Morgan fingerprint density at radius 2 is 1.97 bits per heavy atom. The number of carbonyl (C=O) groups excluding carboxylic acids is 2. The van der Waals surface area contributed by atoms with Gasteiger partial charge in [0.2, 0.25) is 5.78 Å². The van der Waals surface area contributed by atoms with Crippen LogP contribution in [0.15, 0.2) is 35.6 Å². The minimum absolute atomic E-state index is 0.106. The number of ether oxygens (including phenoxy) is 1. The Kier molecular flexibility index (Phi) is 7.69. The lowest BCUT2D eigenvalue weighted by Gasteiger charge is -2.29. The molecule has 0 saturated heterocycles. The highest BCUT2D eigenvalue weighted by molar-refractivity contribution is 7.14. The number of hydrogen-bond acceptors (Lipinski definition) is 7. The molecule has 1 aromatic heterocycles. The number of carbonyl (C=O) groups is 2. The normalized spacial score (nSPS) is 16.4. The average molecular weight is 458 g/mol. The van der Waals surface area contributed by atoms with Gasteiger partial charge in [-0.3, -0.25) is 9.59 Å². The van der Waals surface area contributed by atoms with Crippen molar-refractivity contribution in [1.82, 2.24) is 14.8 Å². The van der Waals surface area contributed by atoms with E-state index < -0.39 is 17.7 Å². The van der Waals surface area contributed by atoms with Crippen molar-refractivity contribution in [3.05, 3.63) is 56.7 Å². The number of rotatable bonds is 10. The molecule has 1 unspecified atom stereocenters. The number of aryl methyl sites for hydroxylation is 2. The van der Waals surface area contributed by atoms with Crippen LogP contribution >= 0.6 is 11.3 Å². The summed E-state index contributed by atoms with van der Waals surface area (Å²) in [6.45, 7) is 12.9. The molecular formula is C24H31N3O4S. The zero-order chi connectivity index (χ0) is 23.4. The summed E-state index contributed by atoms with van der Waals surface area (Å²) in [5.74, 6) is -0.696. The molecule has 0 bridgehead atoms. The monoisotopic (exact) mass is 457 g/mol. The second kappa shape index (κ2) is 10.3. The van der Waals surface area contributed by atoms with E-state index in [4.69, 9.17) is 4.74 Å². The minimum atomic E-state index is -0.687. The number of ketones is 1. The Morgan fingerprint density at radius 3 is 2.56 bits per heavy atom. The van der Waals surface area contributed by atoms with E-state index in [1.165, 1.54) is 11.3 Å². The maximum Gasteiger partial charge on any atom is 0.290 e. The van der Waals surface area contributed by atoms with Crippen molar-refractivity contribution in [3.63, 3.8) is 0 Å². The molecule has 1 aliphatic rings. The van der Waals surface area contributed by atoms with Gasteiger partial charge in [0.1, 0.15) is 5.75 Å². The molecule has 1 aromatic carbocycles. The maximum atomic E-state index is 13.6. The first-order valence-electron chi connectivity index (χ1n) is 11.0. The third-order valence-electron chi connectivity index (χ3n) is 5.69. The van der Waals surface area contributed by atoms with Gasteiger partial charge in [-0.1, -0.05) is 26.0 Å². The summed E-state index contributed by atoms with van der Waals surface area (Å²) >= 11 is 1.28. The summed E-state index contributed by atoms with van der Waals surface area (Å²) < 4.78 is 5.65. The van der Waals surface area contributed by atoms with E-state index in [0.29, 0.717) is 36.0 Å². The van der Waals surface area contributed by atoms with Gasteiger partial charge >= 0.3 is 0 Å². The predicted molar refractivity (Wildman–Crippen MR) is 125 cm³/mol. The molecule has 2 aromatic rings. The lowest BCUT2D eigenvalue weighted by atomic mass is 9.95. The predicted octanol–water partition coefficient (Wildman–Crippen LogP) is 4.08. The zero-order valence-electron chi connectivity index (χ0n) is 19.3. The number of aliphatic hydroxyl groups is 1. The number of benzene rings is 1. The van der Waals surface area contributed by atoms with E-state index in [2.05, 4.69) is 23.7 Å². The number of nitrogens with zero attached hydrogens (tertiary/aromatic N) is 3. The Morgan fingerprint density at radius 1 is 1.25 bits per heavy atom. The molecular weight excluding hydrogens is 426 g/mol. The van der Waals surface area contributed by atoms with Crippen molar-refractivity contribution in [2.45, 2.75) is 40.7 Å². The standard InChI is InChI=1S/C24H31N3O4S/c1-6-26(7-2)12-13-27-20(17-10-9-11-18(14-17)31-8-3)19(22(29)24(27)30)21(28)23-15(4)25-16(5)32-23/h9-11,14,20,29H,6-8,12-13H2,1-5H3. The molecule has 0 aliphatic carbocycles. The van der Waals surface area contributed by atoms with Crippen LogP contribution in [0, 0.1) is 13.8 Å². The van der Waals surface area contributed by atoms with Gasteiger partial charge in [-0.2, -0.15) is 0 Å². The molecule has 0 fully saturated rings. The lowest BCUT2D eigenvalue weighted by Crippen LogP contribution is -2.38. The highest BCUT2D eigenvalue weighted by Crippen LogP contribution is 2.40. The molecule has 2 heterocycles. The number of aromatic nitrogens is 1. The summed E-state index contributed by atoms with van der Waals surface area (Å²) in [6, 6.07) is 6.69. The van der Waals surface area contributed by atoms with Crippen LogP contribution < -0.4 is 4.74 Å². The van der Waals surface area contributed by atoms with E-state index in [9.17, 15) is 14.7 Å². The second-order valence-electron chi connectivity index (χ2n) is 7.67. The molecule has 3 rings (SSSR count). The highest BCUT2D eigenvalue weighted by atomic mass is 32.1. The zero-order valence-corrected chi connectivity index (χ0v) is 20.2. The summed E-state index contributed by atoms with van der Waals surface area (Å²) in [7, 11) is 0. The van der Waals surface area contributed by atoms with Crippen LogP contribution in [0.5, 0.6) is 5.75 Å². The fourth-order valence-corrected chi connectivity index (χ4v) is 4.93. The molecule has 0 radical (unpaired) electrons. The van der Waals surface area contributed by atoms with Crippen LogP contribution in [0.4, 0.5) is 0 Å². The van der Waals surface area contributed by atoms with Crippen LogP contribution in [0.25, 0.3) is 0 Å². The van der Waals surface area contributed by atoms with Gasteiger partial charge in [0.25, 0.3) is 5.91 Å². The molecule has 0 spiro atoms. The number of thiazole rings is 1. The van der Waals surface area contributed by atoms with E-state index >= 15 is 0 Å². The summed E-state index contributed by atoms with van der Waals surface area (Å²) in [5.41, 5.74) is 1.44. The van der Waals surface area contributed by atoms with E-state index in [0.717, 1.165) is 23.7 Å². The van der Waals surface area contributed by atoms with Gasteiger partial charge in [0.05, 0.1) is 33.8 Å². The van der Waals surface area contributed by atoms with Crippen molar-refractivity contribution in [1.29, 1.82) is 0 Å². The molecule has 1 N–H and O–H groups in total. The van der Waals surface area contributed by atoms with Crippen molar-refractivity contribution in [2.75, 3.05) is 32.8 Å². The van der Waals surface area contributed by atoms with Gasteiger partial charge in [0, 0.05) is 13.1 Å². The molecule has 8 heteroatoms. The first kappa shape index (κ1) is 23.9. The molecule has 32 heavy (non-hydrogen) atoms. The Labute approximate surface area is 193 Å². The smallest absolute Gasteiger partial charge is 0.290 e. The Hall–Kier alpha value is -2.71. The molecule has 1 atom stereocenters. The van der Waals surface area contributed by atoms with Crippen LogP contribution in [0.1, 0.15) is 52.7 Å².